The molecule has 2 heterocycles. The number of nitrogens with zero attached hydrogens (tertiary/aromatic N) is 5. The second kappa shape index (κ2) is 5.02. The average molecular weight is 225 g/mol. The molecule has 0 saturated carbocycles. The largest absolute Gasteiger partial charge is 0.396 e. The van der Waals surface area contributed by atoms with Crippen molar-refractivity contribution in [3.63, 3.8) is 0 Å². The molecule has 7 nitrogen and oxygen atoms in total. The van der Waals surface area contributed by atoms with Gasteiger partial charge in [0.05, 0.1) is 0 Å². The molecule has 1 saturated heterocycles. The van der Waals surface area contributed by atoms with Crippen LogP contribution in [0.3, 0.4) is 0 Å². The zero-order chi connectivity index (χ0) is 11.4. The van der Waals surface area contributed by atoms with Gasteiger partial charge < -0.3 is 10.0 Å². The number of tetrazole rings is 1. The van der Waals surface area contributed by atoms with Crippen molar-refractivity contribution in [1.29, 1.82) is 0 Å². The summed E-state index contributed by atoms with van der Waals surface area (Å²) in [5.74, 6) is 0.468. The molecule has 1 aromatic rings. The first kappa shape index (κ1) is 11.0. The van der Waals surface area contributed by atoms with Crippen molar-refractivity contribution in [2.24, 2.45) is 5.92 Å². The maximum Gasteiger partial charge on any atom is 0.244 e. The van der Waals surface area contributed by atoms with Crippen LogP contribution in [-0.4, -0.2) is 55.8 Å². The van der Waals surface area contributed by atoms with Gasteiger partial charge in [-0.3, -0.25) is 4.79 Å². The predicted octanol–water partition coefficient (Wildman–Crippen LogP) is -1.10. The Morgan fingerprint density at radius 1 is 1.56 bits per heavy atom. The summed E-state index contributed by atoms with van der Waals surface area (Å²) in [6.45, 7) is 1.89. The fraction of sp³-hybridized carbons (Fsp3) is 0.778. The normalized spacial score (nSPS) is 20.3. The second-order valence-electron chi connectivity index (χ2n) is 4.01. The molecule has 1 aromatic heterocycles. The maximum atomic E-state index is 11.8. The Bertz CT molecular complexity index is 340. The van der Waals surface area contributed by atoms with Crippen LogP contribution in [0.5, 0.6) is 0 Å². The highest BCUT2D eigenvalue weighted by molar-refractivity contribution is 5.76. The maximum absolute atomic E-state index is 11.8. The fourth-order valence-corrected chi connectivity index (χ4v) is 1.97. The van der Waals surface area contributed by atoms with Gasteiger partial charge in [-0.15, -0.1) is 5.10 Å². The van der Waals surface area contributed by atoms with Gasteiger partial charge in [0.1, 0.15) is 12.9 Å². The molecule has 0 bridgehead atoms. The topological polar surface area (TPSA) is 84.1 Å². The average Bonchev–Trinajstić information content (AvgIpc) is 2.89. The van der Waals surface area contributed by atoms with Crippen molar-refractivity contribution in [3.05, 3.63) is 6.33 Å². The van der Waals surface area contributed by atoms with Crippen LogP contribution in [0.1, 0.15) is 12.8 Å². The van der Waals surface area contributed by atoms with Crippen LogP contribution in [0.2, 0.25) is 0 Å². The van der Waals surface area contributed by atoms with E-state index in [4.69, 9.17) is 5.11 Å². The molecule has 16 heavy (non-hydrogen) atoms. The third kappa shape index (κ3) is 2.54. The minimum Gasteiger partial charge on any atom is -0.396 e. The van der Waals surface area contributed by atoms with Crippen molar-refractivity contribution < 1.29 is 9.90 Å². The van der Waals surface area contributed by atoms with Gasteiger partial charge >= 0.3 is 0 Å². The van der Waals surface area contributed by atoms with Crippen molar-refractivity contribution >= 4 is 5.91 Å². The van der Waals surface area contributed by atoms with Gasteiger partial charge in [0.15, 0.2) is 0 Å². The highest BCUT2D eigenvalue weighted by Gasteiger charge is 2.25. The highest BCUT2D eigenvalue weighted by atomic mass is 16.3. The van der Waals surface area contributed by atoms with Gasteiger partial charge in [-0.25, -0.2) is 4.68 Å². The Balaban J connectivity index is 1.83. The van der Waals surface area contributed by atoms with E-state index in [0.717, 1.165) is 25.9 Å². The number of carbonyl (C=O) groups is 1. The minimum absolute atomic E-state index is 0.0349. The molecule has 7 heteroatoms. The van der Waals surface area contributed by atoms with Crippen LogP contribution in [0.15, 0.2) is 6.33 Å². The summed E-state index contributed by atoms with van der Waals surface area (Å²) < 4.78 is 1.42. The van der Waals surface area contributed by atoms with E-state index in [1.807, 2.05) is 4.90 Å². The Hall–Kier alpha value is -1.50. The molecule has 1 aliphatic heterocycles. The Labute approximate surface area is 93.0 Å². The Morgan fingerprint density at radius 2 is 2.44 bits per heavy atom. The summed E-state index contributed by atoms with van der Waals surface area (Å²) in [5.41, 5.74) is 0. The van der Waals surface area contributed by atoms with Crippen molar-refractivity contribution in [2.75, 3.05) is 19.7 Å². The van der Waals surface area contributed by atoms with Gasteiger partial charge in [-0.05, 0) is 29.2 Å². The predicted molar refractivity (Wildman–Crippen MR) is 54.2 cm³/mol. The zero-order valence-electron chi connectivity index (χ0n) is 8.99. The number of amides is 1. The third-order valence-corrected chi connectivity index (χ3v) is 2.86. The summed E-state index contributed by atoms with van der Waals surface area (Å²) in [4.78, 5) is 13.6. The van der Waals surface area contributed by atoms with E-state index in [1.165, 1.54) is 11.0 Å². The van der Waals surface area contributed by atoms with E-state index in [1.54, 1.807) is 0 Å². The Kier molecular flexibility index (Phi) is 3.45. The van der Waals surface area contributed by atoms with Crippen LogP contribution in [0.4, 0.5) is 0 Å². The monoisotopic (exact) mass is 225 g/mol. The first-order chi connectivity index (χ1) is 7.79. The number of hydrogen-bond donors (Lipinski definition) is 1. The first-order valence-corrected chi connectivity index (χ1v) is 5.39. The smallest absolute Gasteiger partial charge is 0.244 e. The summed E-state index contributed by atoms with van der Waals surface area (Å²) in [6.07, 6.45) is 3.18. The van der Waals surface area contributed by atoms with E-state index >= 15 is 0 Å². The summed E-state index contributed by atoms with van der Waals surface area (Å²) >= 11 is 0. The molecule has 1 aliphatic rings. The summed E-state index contributed by atoms with van der Waals surface area (Å²) in [5, 5.41) is 19.4. The van der Waals surface area contributed by atoms with Crippen molar-refractivity contribution in [3.8, 4) is 0 Å². The quantitative estimate of drug-likeness (QED) is 0.703. The molecule has 1 fully saturated rings. The van der Waals surface area contributed by atoms with Crippen LogP contribution in [0.25, 0.3) is 0 Å². The number of aliphatic hydroxyl groups excluding tert-OH is 1. The van der Waals surface area contributed by atoms with Gasteiger partial charge in [0.25, 0.3) is 0 Å². The lowest BCUT2D eigenvalue weighted by Crippen LogP contribution is -2.32. The van der Waals surface area contributed by atoms with Gasteiger partial charge in [-0.1, -0.05) is 0 Å². The van der Waals surface area contributed by atoms with E-state index in [0.29, 0.717) is 5.92 Å². The Morgan fingerprint density at radius 3 is 3.12 bits per heavy atom. The molecule has 0 aromatic carbocycles. The van der Waals surface area contributed by atoms with Gasteiger partial charge in [0.2, 0.25) is 5.91 Å². The molecule has 2 rings (SSSR count). The van der Waals surface area contributed by atoms with Crippen molar-refractivity contribution in [2.45, 2.75) is 19.4 Å². The zero-order valence-corrected chi connectivity index (χ0v) is 8.99. The molecule has 0 aliphatic carbocycles. The molecule has 0 radical (unpaired) electrons. The highest BCUT2D eigenvalue weighted by Crippen LogP contribution is 2.19. The van der Waals surface area contributed by atoms with E-state index in [2.05, 4.69) is 15.5 Å². The number of aromatic nitrogens is 4. The summed E-state index contributed by atoms with van der Waals surface area (Å²) in [6, 6.07) is 0. The number of likely N-dealkylation sites (tertiary alicyclic amines) is 1. The molecular weight excluding hydrogens is 210 g/mol. The molecular formula is C9H15N5O2. The van der Waals surface area contributed by atoms with E-state index in [-0.39, 0.29) is 19.1 Å². The van der Waals surface area contributed by atoms with Crippen LogP contribution in [-0.2, 0) is 11.3 Å². The lowest BCUT2D eigenvalue weighted by molar-refractivity contribution is -0.131. The van der Waals surface area contributed by atoms with Gasteiger partial charge in [0, 0.05) is 19.7 Å². The minimum atomic E-state index is 0.0349. The molecule has 1 amide bonds. The SMILES string of the molecule is O=C(Cn1cnnn1)N1CCC(CCO)C1. The van der Waals surface area contributed by atoms with Gasteiger partial charge in [-0.2, -0.15) is 0 Å². The number of rotatable bonds is 4. The molecule has 0 spiro atoms. The van der Waals surface area contributed by atoms with Crippen LogP contribution < -0.4 is 0 Å². The third-order valence-electron chi connectivity index (χ3n) is 2.86. The molecule has 1 unspecified atom stereocenters. The van der Waals surface area contributed by atoms with Crippen LogP contribution in [0, 0.1) is 5.92 Å². The second-order valence-corrected chi connectivity index (χ2v) is 4.01. The van der Waals surface area contributed by atoms with E-state index in [9.17, 15) is 4.79 Å². The first-order valence-electron chi connectivity index (χ1n) is 5.39. The lowest BCUT2D eigenvalue weighted by Gasteiger charge is -2.15. The van der Waals surface area contributed by atoms with Crippen LogP contribution >= 0.6 is 0 Å². The number of aliphatic hydroxyl groups is 1. The number of carbonyl (C=O) groups excluding carboxylic acids is 1. The number of hydrogen-bond acceptors (Lipinski definition) is 5. The molecule has 1 atom stereocenters. The van der Waals surface area contributed by atoms with E-state index < -0.39 is 0 Å². The molecule has 88 valence electrons. The summed E-state index contributed by atoms with van der Waals surface area (Å²) in [7, 11) is 0. The van der Waals surface area contributed by atoms with Crippen molar-refractivity contribution in [1.82, 2.24) is 25.1 Å². The standard InChI is InChI=1S/C9H15N5O2/c15-4-2-8-1-3-13(5-8)9(16)6-14-7-10-11-12-14/h7-8,15H,1-6H2. The molecule has 1 N–H and O–H groups in total. The lowest BCUT2D eigenvalue weighted by atomic mass is 10.1. The fourth-order valence-electron chi connectivity index (χ4n) is 1.97.